The number of hydrogen-bond donors (Lipinski definition) is 4. The Morgan fingerprint density at radius 1 is 1.10 bits per heavy atom. The van der Waals surface area contributed by atoms with Crippen molar-refractivity contribution in [2.45, 2.75) is 19.1 Å². The molecule has 1 saturated heterocycles. The predicted molar refractivity (Wildman–Crippen MR) is 110 cm³/mol. The van der Waals surface area contributed by atoms with E-state index >= 15 is 0 Å². The van der Waals surface area contributed by atoms with Crippen LogP contribution in [0.25, 0.3) is 0 Å². The van der Waals surface area contributed by atoms with Gasteiger partial charge in [0.2, 0.25) is 5.91 Å². The van der Waals surface area contributed by atoms with E-state index in [2.05, 4.69) is 15.5 Å². The van der Waals surface area contributed by atoms with E-state index in [1.165, 1.54) is 12.1 Å². The Hall–Kier alpha value is -2.32. The Kier molecular flexibility index (Phi) is 7.33. The topological polar surface area (TPSA) is 84.8 Å². The Bertz CT molecular complexity index is 795. The molecule has 1 fully saturated rings. The van der Waals surface area contributed by atoms with Crippen LogP contribution in [0.1, 0.15) is 24.6 Å². The number of aliphatic hydroxyl groups is 2. The molecule has 6 nitrogen and oxygen atoms in total. The van der Waals surface area contributed by atoms with E-state index in [4.69, 9.17) is 0 Å². The smallest absolute Gasteiger partial charge is 0.238 e. The van der Waals surface area contributed by atoms with Crippen molar-refractivity contribution < 1.29 is 19.4 Å². The largest absolute Gasteiger partial charge is 0.396 e. The minimum absolute atomic E-state index is 0.0337. The van der Waals surface area contributed by atoms with Gasteiger partial charge < -0.3 is 15.5 Å². The average molecular weight is 401 g/mol. The first-order chi connectivity index (χ1) is 14.0. The number of rotatable bonds is 8. The minimum atomic E-state index is -1.13. The molecule has 2 aromatic carbocycles. The maximum Gasteiger partial charge on any atom is 0.238 e. The first-order valence-corrected chi connectivity index (χ1v) is 9.85. The number of carbonyl (C=O) groups excluding carboxylic acids is 1. The lowest BCUT2D eigenvalue weighted by atomic mass is 9.79. The van der Waals surface area contributed by atoms with Gasteiger partial charge >= 0.3 is 0 Å². The van der Waals surface area contributed by atoms with Crippen LogP contribution in [0.3, 0.4) is 0 Å². The monoisotopic (exact) mass is 401 g/mol. The first kappa shape index (κ1) is 21.4. The van der Waals surface area contributed by atoms with Crippen LogP contribution in [-0.4, -0.2) is 53.8 Å². The normalized spacial score (nSPS) is 17.6. The Morgan fingerprint density at radius 2 is 1.76 bits per heavy atom. The summed E-state index contributed by atoms with van der Waals surface area (Å²) < 4.78 is 13.8. The van der Waals surface area contributed by atoms with Gasteiger partial charge in [0.15, 0.2) is 0 Å². The van der Waals surface area contributed by atoms with Gasteiger partial charge in [0, 0.05) is 23.2 Å². The van der Waals surface area contributed by atoms with Crippen LogP contribution in [0.5, 0.6) is 0 Å². The zero-order chi connectivity index (χ0) is 20.7. The molecule has 0 spiro atoms. The zero-order valence-corrected chi connectivity index (χ0v) is 16.4. The highest BCUT2D eigenvalue weighted by Crippen LogP contribution is 2.31. The van der Waals surface area contributed by atoms with E-state index < -0.39 is 17.5 Å². The molecule has 1 atom stereocenters. The number of nitrogens with one attached hydrogen (secondary N) is 2. The Balaban J connectivity index is 1.48. The molecular formula is C22H28FN3O3. The molecule has 1 heterocycles. The average Bonchev–Trinajstić information content (AvgIpc) is 2.74. The van der Waals surface area contributed by atoms with Crippen molar-refractivity contribution in [3.8, 4) is 0 Å². The first-order valence-electron chi connectivity index (χ1n) is 9.85. The molecule has 3 rings (SSSR count). The van der Waals surface area contributed by atoms with Gasteiger partial charge in [-0.15, -0.1) is 0 Å². The summed E-state index contributed by atoms with van der Waals surface area (Å²) in [4.78, 5) is 14.3. The molecule has 1 aliphatic rings. The van der Waals surface area contributed by atoms with Crippen molar-refractivity contribution in [2.75, 3.05) is 38.1 Å². The molecular weight excluding hydrogens is 373 g/mol. The summed E-state index contributed by atoms with van der Waals surface area (Å²) >= 11 is 0. The molecule has 0 radical (unpaired) electrons. The van der Waals surface area contributed by atoms with Crippen LogP contribution >= 0.6 is 0 Å². The van der Waals surface area contributed by atoms with E-state index in [0.29, 0.717) is 39.0 Å². The van der Waals surface area contributed by atoms with Crippen molar-refractivity contribution in [3.63, 3.8) is 0 Å². The quantitative estimate of drug-likeness (QED) is 0.509. The lowest BCUT2D eigenvalue weighted by Crippen LogP contribution is -2.49. The van der Waals surface area contributed by atoms with Gasteiger partial charge in [0.05, 0.1) is 13.2 Å². The number of nitrogens with zero attached hydrogens (tertiary/aromatic N) is 1. The summed E-state index contributed by atoms with van der Waals surface area (Å²) in [6.07, 6.45) is 0.229. The summed E-state index contributed by atoms with van der Waals surface area (Å²) in [5.41, 5.74) is 0.555. The number of aliphatic hydroxyl groups excluding tert-OH is 2. The fourth-order valence-corrected chi connectivity index (χ4v) is 3.62. The molecule has 156 valence electrons. The van der Waals surface area contributed by atoms with Gasteiger partial charge in [-0.2, -0.15) is 0 Å². The molecule has 2 aromatic rings. The highest BCUT2D eigenvalue weighted by atomic mass is 19.1. The summed E-state index contributed by atoms with van der Waals surface area (Å²) in [6, 6.07) is 15.4. The second-order valence-electron chi connectivity index (χ2n) is 7.65. The SMILES string of the molecule is O=C(CN1CCC(CO)(CNC(O)c2ccccc2F)CC1)Nc1ccccc1. The van der Waals surface area contributed by atoms with Crippen molar-refractivity contribution in [1.29, 1.82) is 0 Å². The van der Waals surface area contributed by atoms with Gasteiger partial charge in [-0.3, -0.25) is 15.0 Å². The fraction of sp³-hybridized carbons (Fsp3) is 0.409. The third-order valence-electron chi connectivity index (χ3n) is 5.55. The molecule has 0 saturated carbocycles. The number of amides is 1. The highest BCUT2D eigenvalue weighted by molar-refractivity contribution is 5.92. The van der Waals surface area contributed by atoms with E-state index in [1.807, 2.05) is 30.3 Å². The van der Waals surface area contributed by atoms with E-state index in [-0.39, 0.29) is 18.1 Å². The number of carbonyl (C=O) groups is 1. The van der Waals surface area contributed by atoms with Gasteiger partial charge in [-0.1, -0.05) is 36.4 Å². The maximum absolute atomic E-state index is 13.8. The number of piperidine rings is 1. The highest BCUT2D eigenvalue weighted by Gasteiger charge is 2.35. The summed E-state index contributed by atoms with van der Waals surface area (Å²) in [5.74, 6) is -0.536. The molecule has 29 heavy (non-hydrogen) atoms. The number of hydrogen-bond acceptors (Lipinski definition) is 5. The van der Waals surface area contributed by atoms with Gasteiger partial charge in [-0.25, -0.2) is 4.39 Å². The fourth-order valence-electron chi connectivity index (χ4n) is 3.62. The van der Waals surface area contributed by atoms with Crippen LogP contribution in [0, 0.1) is 11.2 Å². The lowest BCUT2D eigenvalue weighted by molar-refractivity contribution is -0.118. The second-order valence-corrected chi connectivity index (χ2v) is 7.65. The molecule has 0 aromatic heterocycles. The van der Waals surface area contributed by atoms with Crippen molar-refractivity contribution in [3.05, 3.63) is 66.0 Å². The third-order valence-corrected chi connectivity index (χ3v) is 5.55. The lowest BCUT2D eigenvalue weighted by Gasteiger charge is -2.41. The summed E-state index contributed by atoms with van der Waals surface area (Å²) in [7, 11) is 0. The number of halogens is 1. The van der Waals surface area contributed by atoms with E-state index in [1.54, 1.807) is 12.1 Å². The van der Waals surface area contributed by atoms with Crippen LogP contribution in [-0.2, 0) is 4.79 Å². The number of benzene rings is 2. The van der Waals surface area contributed by atoms with Crippen LogP contribution in [0.4, 0.5) is 10.1 Å². The molecule has 1 aliphatic heterocycles. The van der Waals surface area contributed by atoms with Crippen molar-refractivity contribution in [1.82, 2.24) is 10.2 Å². The summed E-state index contributed by atoms with van der Waals surface area (Å²) in [5, 5.41) is 26.0. The van der Waals surface area contributed by atoms with E-state index in [9.17, 15) is 19.4 Å². The van der Waals surface area contributed by atoms with Gasteiger partial charge in [0.25, 0.3) is 0 Å². The van der Waals surface area contributed by atoms with E-state index in [0.717, 1.165) is 5.69 Å². The molecule has 7 heteroatoms. The van der Waals surface area contributed by atoms with Crippen LogP contribution < -0.4 is 10.6 Å². The van der Waals surface area contributed by atoms with Crippen molar-refractivity contribution in [2.24, 2.45) is 5.41 Å². The number of anilines is 1. The molecule has 1 unspecified atom stereocenters. The Labute approximate surface area is 170 Å². The van der Waals surface area contributed by atoms with Crippen LogP contribution in [0.15, 0.2) is 54.6 Å². The molecule has 0 bridgehead atoms. The molecule has 0 aliphatic carbocycles. The molecule has 1 amide bonds. The zero-order valence-electron chi connectivity index (χ0n) is 16.4. The maximum atomic E-state index is 13.8. The van der Waals surface area contributed by atoms with Crippen molar-refractivity contribution >= 4 is 11.6 Å². The third kappa shape index (κ3) is 5.83. The second kappa shape index (κ2) is 9.93. The van der Waals surface area contributed by atoms with Gasteiger partial charge in [-0.05, 0) is 44.1 Å². The Morgan fingerprint density at radius 3 is 2.41 bits per heavy atom. The predicted octanol–water partition coefficient (Wildman–Crippen LogP) is 2.12. The molecule has 4 N–H and O–H groups in total. The summed E-state index contributed by atoms with van der Waals surface area (Å²) in [6.45, 7) is 1.96. The standard InChI is InChI=1S/C22H28FN3O3/c23-19-9-5-4-8-18(19)21(29)24-15-22(16-27)10-12-26(13-11-22)14-20(28)25-17-6-2-1-3-7-17/h1-9,21,24,27,29H,10-16H2,(H,25,28). The number of likely N-dealkylation sites (tertiary alicyclic amines) is 1. The number of para-hydroxylation sites is 1. The van der Waals surface area contributed by atoms with Crippen LogP contribution in [0.2, 0.25) is 0 Å². The van der Waals surface area contributed by atoms with Gasteiger partial charge in [0.1, 0.15) is 12.0 Å². The minimum Gasteiger partial charge on any atom is -0.396 e.